The largest absolute Gasteiger partial charge is 0.496 e. The summed E-state index contributed by atoms with van der Waals surface area (Å²) in [6, 6.07) is 7.75. The van der Waals surface area contributed by atoms with Gasteiger partial charge in [0.25, 0.3) is 0 Å². The van der Waals surface area contributed by atoms with E-state index in [1.807, 2.05) is 38.1 Å². The lowest BCUT2D eigenvalue weighted by Crippen LogP contribution is -2.53. The molecule has 3 rings (SSSR count). The van der Waals surface area contributed by atoms with Crippen molar-refractivity contribution >= 4 is 39.7 Å². The first-order valence-electron chi connectivity index (χ1n) is 11.8. The van der Waals surface area contributed by atoms with E-state index in [0.717, 1.165) is 18.2 Å². The molecule has 192 valence electrons. The first-order chi connectivity index (χ1) is 17.1. The second kappa shape index (κ2) is 11.3. The average Bonchev–Trinajstić information content (AvgIpc) is 2.84. The van der Waals surface area contributed by atoms with Crippen LogP contribution in [0.2, 0.25) is 0 Å². The number of pyridine rings is 2. The summed E-state index contributed by atoms with van der Waals surface area (Å²) in [7, 11) is 1.46. The molecule has 10 heteroatoms. The number of unbranched alkanes of at least 4 members (excludes halogenated alkanes) is 1. The lowest BCUT2D eigenvalue weighted by atomic mass is 9.87. The number of ether oxygens (including phenoxy) is 1. The lowest BCUT2D eigenvalue weighted by molar-refractivity contribution is -0.141. The second-order valence-electron chi connectivity index (χ2n) is 9.16. The normalized spacial score (nSPS) is 13.9. The summed E-state index contributed by atoms with van der Waals surface area (Å²) in [4.78, 5) is 43.6. The fourth-order valence-electron chi connectivity index (χ4n) is 4.38. The van der Waals surface area contributed by atoms with Gasteiger partial charge >= 0.3 is 17.9 Å². The van der Waals surface area contributed by atoms with Crippen molar-refractivity contribution in [2.24, 2.45) is 0 Å². The van der Waals surface area contributed by atoms with Gasteiger partial charge in [-0.25, -0.2) is 9.78 Å². The third-order valence-electron chi connectivity index (χ3n) is 6.22. The summed E-state index contributed by atoms with van der Waals surface area (Å²) in [6.45, 7) is 3.96. The minimum atomic E-state index is -1.18. The molecule has 0 bridgehead atoms. The van der Waals surface area contributed by atoms with Gasteiger partial charge in [-0.1, -0.05) is 31.9 Å². The van der Waals surface area contributed by atoms with Gasteiger partial charge in [0.05, 0.1) is 12.6 Å². The van der Waals surface area contributed by atoms with Crippen molar-refractivity contribution in [3.05, 3.63) is 41.7 Å². The Labute approximate surface area is 208 Å². The maximum atomic E-state index is 11.8. The van der Waals surface area contributed by atoms with Crippen molar-refractivity contribution in [2.45, 2.75) is 64.0 Å². The van der Waals surface area contributed by atoms with E-state index < -0.39 is 29.5 Å². The minimum absolute atomic E-state index is 0.0378. The van der Waals surface area contributed by atoms with E-state index in [2.05, 4.69) is 10.3 Å². The molecule has 0 saturated heterocycles. The highest BCUT2D eigenvalue weighted by atomic mass is 16.5. The molecule has 4 N–H and O–H groups in total. The Morgan fingerprint density at radius 3 is 2.42 bits per heavy atom. The summed E-state index contributed by atoms with van der Waals surface area (Å²) in [5, 5.41) is 32.8. The molecule has 2 heterocycles. The van der Waals surface area contributed by atoms with Crippen LogP contribution >= 0.6 is 0 Å². The SMILES string of the molecule is CCCCC(C)(Cc1ccc2ccc3c(OC)cc(C(=O)O)nc3c2n1)NC(CCC(=O)O)C(=O)O. The number of rotatable bonds is 13. The zero-order chi connectivity index (χ0) is 26.5. The van der Waals surface area contributed by atoms with Crippen LogP contribution in [0.15, 0.2) is 30.3 Å². The highest BCUT2D eigenvalue weighted by molar-refractivity contribution is 6.06. The number of hydrogen-bond donors (Lipinski definition) is 4. The third-order valence-corrected chi connectivity index (χ3v) is 6.22. The number of methoxy groups -OCH3 is 1. The molecule has 36 heavy (non-hydrogen) atoms. The number of aliphatic carboxylic acids is 2. The van der Waals surface area contributed by atoms with E-state index in [1.165, 1.54) is 13.2 Å². The fraction of sp³-hybridized carbons (Fsp3) is 0.423. The van der Waals surface area contributed by atoms with Gasteiger partial charge in [-0.15, -0.1) is 0 Å². The standard InChI is InChI=1S/C26H31N3O7/c1-4-5-12-26(2,29-18(24(32)33)10-11-21(30)31)14-16-8-6-15-7-9-17-20(36-3)13-19(25(34)35)28-23(17)22(15)27-16/h6-9,13,18,29H,4-5,10-12,14H2,1-3H3,(H,30,31)(H,32,33)(H,34,35). The zero-order valence-electron chi connectivity index (χ0n) is 20.6. The van der Waals surface area contributed by atoms with Gasteiger partial charge in [-0.05, 0) is 31.9 Å². The zero-order valence-corrected chi connectivity index (χ0v) is 20.6. The van der Waals surface area contributed by atoms with Gasteiger partial charge < -0.3 is 20.1 Å². The van der Waals surface area contributed by atoms with Crippen molar-refractivity contribution in [1.82, 2.24) is 15.3 Å². The van der Waals surface area contributed by atoms with Gasteiger partial charge in [0, 0.05) is 40.9 Å². The van der Waals surface area contributed by atoms with Gasteiger partial charge in [0.2, 0.25) is 0 Å². The summed E-state index contributed by atoms with van der Waals surface area (Å²) < 4.78 is 5.39. The van der Waals surface area contributed by atoms with Gasteiger partial charge in [-0.3, -0.25) is 19.9 Å². The van der Waals surface area contributed by atoms with Crippen LogP contribution in [0.1, 0.15) is 62.1 Å². The van der Waals surface area contributed by atoms with Gasteiger partial charge in [0.15, 0.2) is 5.69 Å². The molecule has 10 nitrogen and oxygen atoms in total. The number of hydrogen-bond acceptors (Lipinski definition) is 7. The van der Waals surface area contributed by atoms with Crippen molar-refractivity contribution < 1.29 is 34.4 Å². The molecule has 0 spiro atoms. The predicted octanol–water partition coefficient (Wildman–Crippen LogP) is 3.89. The predicted molar refractivity (Wildman–Crippen MR) is 134 cm³/mol. The summed E-state index contributed by atoms with van der Waals surface area (Å²) in [5.41, 5.74) is 0.769. The quantitative estimate of drug-likeness (QED) is 0.255. The van der Waals surface area contributed by atoms with Crippen LogP contribution in [0.5, 0.6) is 5.75 Å². The van der Waals surface area contributed by atoms with Crippen LogP contribution in [0.4, 0.5) is 0 Å². The van der Waals surface area contributed by atoms with Crippen LogP contribution in [0.25, 0.3) is 21.8 Å². The molecular formula is C26H31N3O7. The molecule has 0 amide bonds. The number of carboxylic acids is 3. The van der Waals surface area contributed by atoms with Crippen LogP contribution < -0.4 is 10.1 Å². The van der Waals surface area contributed by atoms with Crippen LogP contribution in [-0.4, -0.2) is 61.9 Å². The highest BCUT2D eigenvalue weighted by Gasteiger charge is 2.31. The number of carbonyl (C=O) groups is 3. The number of benzene rings is 1. The van der Waals surface area contributed by atoms with E-state index >= 15 is 0 Å². The van der Waals surface area contributed by atoms with Crippen LogP contribution in [-0.2, 0) is 16.0 Å². The molecule has 0 radical (unpaired) electrons. The number of carboxylic acid groups (broad SMARTS) is 3. The molecule has 0 saturated carbocycles. The van der Waals surface area contributed by atoms with E-state index in [9.17, 15) is 24.6 Å². The summed E-state index contributed by atoms with van der Waals surface area (Å²) >= 11 is 0. The molecule has 2 atom stereocenters. The molecule has 2 unspecified atom stereocenters. The summed E-state index contributed by atoms with van der Waals surface area (Å²) in [6.07, 6.45) is 2.49. The average molecular weight is 498 g/mol. The molecule has 0 fully saturated rings. The Bertz CT molecular complexity index is 1290. The molecule has 1 aromatic carbocycles. The van der Waals surface area contributed by atoms with Crippen LogP contribution in [0, 0.1) is 0 Å². The maximum Gasteiger partial charge on any atom is 0.354 e. The molecule has 2 aromatic heterocycles. The number of nitrogens with zero attached hydrogens (tertiary/aromatic N) is 2. The number of aromatic carboxylic acids is 1. The Morgan fingerprint density at radius 2 is 1.81 bits per heavy atom. The molecule has 0 aliphatic heterocycles. The number of nitrogens with one attached hydrogen (secondary N) is 1. The Hall–Kier alpha value is -3.79. The molecule has 0 aliphatic rings. The van der Waals surface area contributed by atoms with Gasteiger partial charge in [-0.2, -0.15) is 0 Å². The smallest absolute Gasteiger partial charge is 0.354 e. The van der Waals surface area contributed by atoms with Crippen molar-refractivity contribution in [3.63, 3.8) is 0 Å². The first-order valence-corrected chi connectivity index (χ1v) is 11.8. The van der Waals surface area contributed by atoms with Crippen molar-refractivity contribution in [2.75, 3.05) is 7.11 Å². The fourth-order valence-corrected chi connectivity index (χ4v) is 4.38. The third kappa shape index (κ3) is 6.25. The second-order valence-corrected chi connectivity index (χ2v) is 9.16. The van der Waals surface area contributed by atoms with Crippen molar-refractivity contribution in [1.29, 1.82) is 0 Å². The van der Waals surface area contributed by atoms with Gasteiger partial charge in [0.1, 0.15) is 17.3 Å². The Morgan fingerprint density at radius 1 is 1.08 bits per heavy atom. The maximum absolute atomic E-state index is 11.8. The Balaban J connectivity index is 2.04. The Kier molecular flexibility index (Phi) is 8.41. The van der Waals surface area contributed by atoms with E-state index in [-0.39, 0.29) is 18.5 Å². The van der Waals surface area contributed by atoms with Crippen LogP contribution in [0.3, 0.4) is 0 Å². The number of fused-ring (bicyclic) bond motifs is 3. The first kappa shape index (κ1) is 26.8. The van der Waals surface area contributed by atoms with E-state index in [0.29, 0.717) is 40.7 Å². The van der Waals surface area contributed by atoms with Crippen molar-refractivity contribution in [3.8, 4) is 5.75 Å². The topological polar surface area (TPSA) is 159 Å². The number of aromatic nitrogens is 2. The lowest BCUT2D eigenvalue weighted by Gasteiger charge is -2.34. The van der Waals surface area contributed by atoms with E-state index in [1.54, 1.807) is 0 Å². The molecular weight excluding hydrogens is 466 g/mol. The highest BCUT2D eigenvalue weighted by Crippen LogP contribution is 2.31. The molecule has 0 aliphatic carbocycles. The molecule has 3 aromatic rings. The monoisotopic (exact) mass is 497 g/mol. The minimum Gasteiger partial charge on any atom is -0.496 e. The van der Waals surface area contributed by atoms with E-state index in [4.69, 9.17) is 14.8 Å². The summed E-state index contributed by atoms with van der Waals surface area (Å²) in [5.74, 6) is -2.96.